The monoisotopic (exact) mass is 355 g/mol. The molecule has 0 unspecified atom stereocenters. The number of hydrogen-bond acceptors (Lipinski definition) is 5. The van der Waals surface area contributed by atoms with E-state index in [0.717, 1.165) is 16.9 Å². The van der Waals surface area contributed by atoms with Crippen molar-refractivity contribution >= 4 is 5.91 Å². The number of carbonyl (C=O) groups is 1. The molecule has 136 valence electrons. The highest BCUT2D eigenvalue weighted by atomic mass is 16.7. The molecule has 1 fully saturated rings. The lowest BCUT2D eigenvalue weighted by molar-refractivity contribution is -0.228. The Bertz CT molecular complexity index is 784. The zero-order valence-electron chi connectivity index (χ0n) is 14.6. The molecule has 2 aromatic carbocycles. The van der Waals surface area contributed by atoms with E-state index in [2.05, 4.69) is 5.32 Å². The molecule has 0 saturated carbocycles. The number of amides is 1. The molecule has 0 spiro atoms. The van der Waals surface area contributed by atoms with Gasteiger partial charge in [0, 0.05) is 12.1 Å². The third kappa shape index (κ3) is 3.38. The third-order valence-electron chi connectivity index (χ3n) is 4.62. The van der Waals surface area contributed by atoms with Crippen molar-refractivity contribution in [1.82, 2.24) is 5.32 Å². The minimum Gasteiger partial charge on any atom is -0.454 e. The zero-order chi connectivity index (χ0) is 18.0. The van der Waals surface area contributed by atoms with Gasteiger partial charge in [-0.15, -0.1) is 0 Å². The number of ether oxygens (including phenoxy) is 4. The van der Waals surface area contributed by atoms with Crippen LogP contribution in [0.3, 0.4) is 0 Å². The molecule has 0 bridgehead atoms. The molecule has 4 rings (SSSR count). The Morgan fingerprint density at radius 1 is 1.08 bits per heavy atom. The molecule has 0 radical (unpaired) electrons. The first kappa shape index (κ1) is 16.9. The van der Waals surface area contributed by atoms with Crippen molar-refractivity contribution in [1.29, 1.82) is 0 Å². The van der Waals surface area contributed by atoms with E-state index in [0.29, 0.717) is 25.5 Å². The van der Waals surface area contributed by atoms with E-state index in [9.17, 15) is 4.79 Å². The predicted octanol–water partition coefficient (Wildman–Crippen LogP) is 2.78. The fourth-order valence-electron chi connectivity index (χ4n) is 2.99. The molecule has 1 N–H and O–H groups in total. The normalized spacial score (nSPS) is 24.3. The smallest absolute Gasteiger partial charge is 0.231 e. The van der Waals surface area contributed by atoms with Gasteiger partial charge in [0.1, 0.15) is 0 Å². The SMILES string of the molecule is CC1(C(=O)NCc2ccc3c(c2)OCO3)COC(c2ccccc2)OC1. The Kier molecular flexibility index (Phi) is 4.53. The molecule has 2 aliphatic rings. The van der Waals surface area contributed by atoms with Crippen molar-refractivity contribution in [3.05, 3.63) is 59.7 Å². The maximum Gasteiger partial charge on any atom is 0.231 e. The summed E-state index contributed by atoms with van der Waals surface area (Å²) in [6.45, 7) is 3.11. The van der Waals surface area contributed by atoms with Crippen LogP contribution < -0.4 is 14.8 Å². The number of carbonyl (C=O) groups excluding carboxylic acids is 1. The van der Waals surface area contributed by atoms with Gasteiger partial charge in [-0.2, -0.15) is 0 Å². The van der Waals surface area contributed by atoms with Crippen LogP contribution in [0.5, 0.6) is 11.5 Å². The van der Waals surface area contributed by atoms with Gasteiger partial charge in [-0.25, -0.2) is 0 Å². The molecule has 0 atom stereocenters. The standard InChI is InChI=1S/C20H21NO5/c1-20(11-23-18(24-12-20)15-5-3-2-4-6-15)19(22)21-10-14-7-8-16-17(9-14)26-13-25-16/h2-9,18H,10-13H2,1H3,(H,21,22). The van der Waals surface area contributed by atoms with E-state index >= 15 is 0 Å². The number of hydrogen-bond donors (Lipinski definition) is 1. The molecule has 2 aromatic rings. The van der Waals surface area contributed by atoms with Gasteiger partial charge in [-0.1, -0.05) is 36.4 Å². The second kappa shape index (κ2) is 6.97. The van der Waals surface area contributed by atoms with Crippen molar-refractivity contribution in [3.63, 3.8) is 0 Å². The van der Waals surface area contributed by atoms with Gasteiger partial charge in [0.25, 0.3) is 0 Å². The highest BCUT2D eigenvalue weighted by Crippen LogP contribution is 2.33. The van der Waals surface area contributed by atoms with E-state index in [1.165, 1.54) is 0 Å². The molecule has 0 aliphatic carbocycles. The van der Waals surface area contributed by atoms with E-state index in [1.54, 1.807) is 0 Å². The van der Waals surface area contributed by atoms with Gasteiger partial charge in [0.2, 0.25) is 12.7 Å². The highest BCUT2D eigenvalue weighted by molar-refractivity contribution is 5.82. The number of benzene rings is 2. The molecule has 2 aliphatic heterocycles. The summed E-state index contributed by atoms with van der Waals surface area (Å²) in [5.41, 5.74) is 1.18. The van der Waals surface area contributed by atoms with Crippen molar-refractivity contribution in [3.8, 4) is 11.5 Å². The number of rotatable bonds is 4. The lowest BCUT2D eigenvalue weighted by Gasteiger charge is -2.36. The van der Waals surface area contributed by atoms with Crippen LogP contribution >= 0.6 is 0 Å². The maximum absolute atomic E-state index is 12.6. The quantitative estimate of drug-likeness (QED) is 0.914. The van der Waals surface area contributed by atoms with E-state index in [4.69, 9.17) is 18.9 Å². The summed E-state index contributed by atoms with van der Waals surface area (Å²) >= 11 is 0. The largest absolute Gasteiger partial charge is 0.454 e. The predicted molar refractivity (Wildman–Crippen MR) is 93.6 cm³/mol. The molecule has 1 saturated heterocycles. The van der Waals surface area contributed by atoms with E-state index in [-0.39, 0.29) is 12.7 Å². The summed E-state index contributed by atoms with van der Waals surface area (Å²) in [5, 5.41) is 2.96. The lowest BCUT2D eigenvalue weighted by atomic mass is 9.90. The van der Waals surface area contributed by atoms with Crippen molar-refractivity contribution in [2.75, 3.05) is 20.0 Å². The van der Waals surface area contributed by atoms with Crippen molar-refractivity contribution < 1.29 is 23.7 Å². The maximum atomic E-state index is 12.6. The average Bonchev–Trinajstić information content (AvgIpc) is 3.15. The molecule has 2 heterocycles. The topological polar surface area (TPSA) is 66.0 Å². The molecular formula is C20H21NO5. The highest BCUT2D eigenvalue weighted by Gasteiger charge is 2.39. The van der Waals surface area contributed by atoms with Crippen LogP contribution in [0.2, 0.25) is 0 Å². The first-order chi connectivity index (χ1) is 12.6. The minimum atomic E-state index is -0.721. The van der Waals surface area contributed by atoms with Crippen molar-refractivity contribution in [2.24, 2.45) is 5.41 Å². The molecule has 1 amide bonds. The Labute approximate surface area is 152 Å². The van der Waals surface area contributed by atoms with Gasteiger partial charge in [-0.05, 0) is 24.6 Å². The van der Waals surface area contributed by atoms with Crippen LogP contribution in [0.4, 0.5) is 0 Å². The molecule has 26 heavy (non-hydrogen) atoms. The molecule has 0 aromatic heterocycles. The Morgan fingerprint density at radius 2 is 1.81 bits per heavy atom. The van der Waals surface area contributed by atoms with Gasteiger partial charge >= 0.3 is 0 Å². The average molecular weight is 355 g/mol. The van der Waals surface area contributed by atoms with Gasteiger partial charge in [0.15, 0.2) is 17.8 Å². The van der Waals surface area contributed by atoms with Gasteiger partial charge in [0.05, 0.1) is 18.6 Å². The first-order valence-corrected chi connectivity index (χ1v) is 8.59. The first-order valence-electron chi connectivity index (χ1n) is 8.59. The van der Waals surface area contributed by atoms with Crippen LogP contribution in [-0.4, -0.2) is 25.9 Å². The number of fused-ring (bicyclic) bond motifs is 1. The zero-order valence-corrected chi connectivity index (χ0v) is 14.6. The Hall–Kier alpha value is -2.57. The van der Waals surface area contributed by atoms with Crippen LogP contribution in [0, 0.1) is 5.41 Å². The number of nitrogens with one attached hydrogen (secondary N) is 1. The minimum absolute atomic E-state index is 0.0957. The molecule has 6 heteroatoms. The second-order valence-electron chi connectivity index (χ2n) is 6.80. The van der Waals surface area contributed by atoms with Crippen LogP contribution in [0.25, 0.3) is 0 Å². The van der Waals surface area contributed by atoms with Crippen molar-refractivity contribution in [2.45, 2.75) is 19.8 Å². The van der Waals surface area contributed by atoms with Crippen LogP contribution in [0.15, 0.2) is 48.5 Å². The fraction of sp³-hybridized carbons (Fsp3) is 0.350. The fourth-order valence-corrected chi connectivity index (χ4v) is 2.99. The van der Waals surface area contributed by atoms with Gasteiger partial charge < -0.3 is 24.3 Å². The van der Waals surface area contributed by atoms with Crippen LogP contribution in [-0.2, 0) is 20.8 Å². The van der Waals surface area contributed by atoms with E-state index in [1.807, 2.05) is 55.5 Å². The third-order valence-corrected chi connectivity index (χ3v) is 4.62. The Morgan fingerprint density at radius 3 is 2.58 bits per heavy atom. The lowest BCUT2D eigenvalue weighted by Crippen LogP contribution is -2.48. The molecule has 6 nitrogen and oxygen atoms in total. The summed E-state index contributed by atoms with van der Waals surface area (Å²) < 4.78 is 22.2. The second-order valence-corrected chi connectivity index (χ2v) is 6.80. The summed E-state index contributed by atoms with van der Waals surface area (Å²) in [4.78, 5) is 12.6. The van der Waals surface area contributed by atoms with Gasteiger partial charge in [-0.3, -0.25) is 4.79 Å². The summed E-state index contributed by atoms with van der Waals surface area (Å²) in [7, 11) is 0. The van der Waals surface area contributed by atoms with Crippen LogP contribution in [0.1, 0.15) is 24.3 Å². The van der Waals surface area contributed by atoms with E-state index < -0.39 is 11.7 Å². The summed E-state index contributed by atoms with van der Waals surface area (Å²) in [6, 6.07) is 15.4. The Balaban J connectivity index is 1.33. The summed E-state index contributed by atoms with van der Waals surface area (Å²) in [5.74, 6) is 1.34. The summed E-state index contributed by atoms with van der Waals surface area (Å²) in [6.07, 6.45) is -0.425. The molecular weight excluding hydrogens is 334 g/mol.